The molecule has 6 heteroatoms. The van der Waals surface area contributed by atoms with E-state index < -0.39 is 0 Å². The van der Waals surface area contributed by atoms with E-state index in [0.29, 0.717) is 0 Å². The van der Waals surface area contributed by atoms with E-state index in [-0.39, 0.29) is 63.4 Å². The molecule has 0 saturated carbocycles. The smallest absolute Gasteiger partial charge is 1.00 e. The minimum atomic E-state index is 0. The monoisotopic (exact) mass is 339 g/mol. The normalized spacial score (nSPS) is 7.92. The maximum atomic E-state index is 2.23. The second kappa shape index (κ2) is 11.0. The molecule has 69 valence electrons. The van der Waals surface area contributed by atoms with E-state index in [1.54, 1.807) is 24.0 Å². The van der Waals surface area contributed by atoms with Crippen LogP contribution in [-0.2, 0) is 26.2 Å². The quantitative estimate of drug-likeness (QED) is 0.441. The largest absolute Gasteiger partial charge is 3.00 e. The molecule has 0 saturated heterocycles. The molecule has 1 atom stereocenters. The molecule has 0 aromatic carbocycles. The van der Waals surface area contributed by atoms with Crippen molar-refractivity contribution >= 4 is 15.7 Å². The second-order valence-corrected chi connectivity index (χ2v) is 5.27. The van der Waals surface area contributed by atoms with Gasteiger partial charge in [-0.25, -0.2) is 0 Å². The van der Waals surface area contributed by atoms with Crippen molar-refractivity contribution in [2.24, 2.45) is 0 Å². The van der Waals surface area contributed by atoms with Crippen LogP contribution in [0.15, 0.2) is 0 Å². The third-order valence-electron chi connectivity index (χ3n) is 1.50. The molecule has 0 bridgehead atoms. The van der Waals surface area contributed by atoms with E-state index in [2.05, 4.69) is 20.8 Å². The SMILES string of the molecule is Cc1p[pH]c(C)c1C.[Cl-].[Cl-].[Cl-].[Zr+3]. The van der Waals surface area contributed by atoms with Gasteiger partial charge in [-0.15, -0.1) is 7.87 Å². The molecule has 12 heavy (non-hydrogen) atoms. The molecule has 1 aromatic rings. The molecule has 0 aliphatic rings. The summed E-state index contributed by atoms with van der Waals surface area (Å²) in [5, 5.41) is 3.17. The van der Waals surface area contributed by atoms with Gasteiger partial charge in [0.05, 0.1) is 0 Å². The van der Waals surface area contributed by atoms with Gasteiger partial charge in [0.25, 0.3) is 0 Å². The molecule has 0 aliphatic carbocycles. The van der Waals surface area contributed by atoms with Gasteiger partial charge in [0.1, 0.15) is 0 Å². The number of rotatable bonds is 0. The third-order valence-corrected chi connectivity index (χ3v) is 5.34. The van der Waals surface area contributed by atoms with Crippen LogP contribution in [0.25, 0.3) is 0 Å². The van der Waals surface area contributed by atoms with Crippen molar-refractivity contribution in [3.05, 3.63) is 16.2 Å². The first-order valence-corrected chi connectivity index (χ1v) is 5.43. The van der Waals surface area contributed by atoms with Gasteiger partial charge in [-0.2, -0.15) is 0 Å². The minimum Gasteiger partial charge on any atom is -1.00 e. The zero-order valence-electron chi connectivity index (χ0n) is 7.08. The van der Waals surface area contributed by atoms with Gasteiger partial charge in [0.15, 0.2) is 0 Å². The van der Waals surface area contributed by atoms with Gasteiger partial charge in [-0.1, -0.05) is 7.87 Å². The maximum Gasteiger partial charge on any atom is 3.00 e. The molecule has 1 aromatic heterocycles. The van der Waals surface area contributed by atoms with Crippen molar-refractivity contribution in [1.29, 1.82) is 0 Å². The second-order valence-electron chi connectivity index (χ2n) is 2.06. The van der Waals surface area contributed by atoms with Crippen LogP contribution in [0.4, 0.5) is 0 Å². The molecular formula is C6H10Cl3P2Zr. The van der Waals surface area contributed by atoms with Crippen LogP contribution in [0.2, 0.25) is 0 Å². The fraction of sp³-hybridized carbons (Fsp3) is 0.500. The topological polar surface area (TPSA) is 0 Å². The van der Waals surface area contributed by atoms with Crippen molar-refractivity contribution < 1.29 is 63.4 Å². The Morgan fingerprint density at radius 3 is 1.50 bits per heavy atom. The van der Waals surface area contributed by atoms with Crippen molar-refractivity contribution in [1.82, 2.24) is 0 Å². The fourth-order valence-electron chi connectivity index (χ4n) is 0.607. The molecule has 1 heterocycles. The fourth-order valence-corrected chi connectivity index (χ4v) is 3.75. The summed E-state index contributed by atoms with van der Waals surface area (Å²) in [4.78, 5) is 0. The Hall–Kier alpha value is 1.96. The maximum absolute atomic E-state index is 2.23. The summed E-state index contributed by atoms with van der Waals surface area (Å²) in [5.74, 6) is 0. The molecule has 0 N–H and O–H groups in total. The van der Waals surface area contributed by atoms with Crippen molar-refractivity contribution in [3.8, 4) is 0 Å². The van der Waals surface area contributed by atoms with Crippen molar-refractivity contribution in [2.45, 2.75) is 20.8 Å². The summed E-state index contributed by atoms with van der Waals surface area (Å²) < 4.78 is 0. The van der Waals surface area contributed by atoms with Crippen LogP contribution in [0, 0.1) is 20.8 Å². The van der Waals surface area contributed by atoms with Crippen LogP contribution in [0.5, 0.6) is 0 Å². The van der Waals surface area contributed by atoms with E-state index in [1.807, 2.05) is 0 Å². The summed E-state index contributed by atoms with van der Waals surface area (Å²) >= 11 is 0. The predicted octanol–water partition coefficient (Wildman–Crippen LogP) is -5.77. The van der Waals surface area contributed by atoms with Crippen LogP contribution < -0.4 is 37.2 Å². The Balaban J connectivity index is -0.0000000800. The molecule has 0 fully saturated rings. The first kappa shape index (κ1) is 23.6. The zero-order valence-corrected chi connectivity index (χ0v) is 13.7. The van der Waals surface area contributed by atoms with Crippen LogP contribution >= 0.6 is 15.7 Å². The summed E-state index contributed by atoms with van der Waals surface area (Å²) in [7, 11) is 2.61. The summed E-state index contributed by atoms with van der Waals surface area (Å²) in [6.45, 7) is 6.68. The minimum absolute atomic E-state index is 0. The first-order valence-electron chi connectivity index (χ1n) is 2.70. The Morgan fingerprint density at radius 2 is 1.42 bits per heavy atom. The van der Waals surface area contributed by atoms with Gasteiger partial charge >= 0.3 is 26.2 Å². The summed E-state index contributed by atoms with van der Waals surface area (Å²) in [6.07, 6.45) is 0. The first-order chi connectivity index (χ1) is 3.72. The van der Waals surface area contributed by atoms with Gasteiger partial charge in [-0.3, -0.25) is 0 Å². The average Bonchev–Trinajstić information content (AvgIpc) is 1.98. The van der Waals surface area contributed by atoms with E-state index in [9.17, 15) is 0 Å². The van der Waals surface area contributed by atoms with Gasteiger partial charge in [0.2, 0.25) is 0 Å². The van der Waals surface area contributed by atoms with Crippen molar-refractivity contribution in [2.75, 3.05) is 0 Å². The van der Waals surface area contributed by atoms with Crippen LogP contribution in [0.3, 0.4) is 0 Å². The molecular weight excluding hydrogens is 332 g/mol. The Kier molecular flexibility index (Phi) is 21.7. The molecule has 1 unspecified atom stereocenters. The van der Waals surface area contributed by atoms with E-state index >= 15 is 0 Å². The third kappa shape index (κ3) is 6.42. The Labute approximate surface area is 115 Å². The van der Waals surface area contributed by atoms with Crippen LogP contribution in [0.1, 0.15) is 16.2 Å². The molecule has 0 amide bonds. The molecule has 1 rings (SSSR count). The Morgan fingerprint density at radius 1 is 1.00 bits per heavy atom. The van der Waals surface area contributed by atoms with Crippen LogP contribution in [-0.4, -0.2) is 0 Å². The standard InChI is InChI=1S/C6H10P2.3ClH.Zr/c1-4-5(2)7-8-6(4)3;;;;/h7H,1-3H3;3*1H;/q;;;;+3/p-3. The summed E-state index contributed by atoms with van der Waals surface area (Å²) in [6, 6.07) is 0. The zero-order chi connectivity index (χ0) is 6.15. The Bertz CT molecular complexity index is 183. The number of aryl methyl sites for hydroxylation is 2. The number of halogens is 3. The average molecular weight is 342 g/mol. The van der Waals surface area contributed by atoms with E-state index in [4.69, 9.17) is 0 Å². The molecule has 0 spiro atoms. The number of hydrogen-bond acceptors (Lipinski definition) is 0. The van der Waals surface area contributed by atoms with Gasteiger partial charge in [0, 0.05) is 0 Å². The van der Waals surface area contributed by atoms with Crippen molar-refractivity contribution in [3.63, 3.8) is 0 Å². The molecule has 0 nitrogen and oxygen atoms in total. The van der Waals surface area contributed by atoms with Gasteiger partial charge < -0.3 is 37.2 Å². The molecule has 1 radical (unpaired) electrons. The van der Waals surface area contributed by atoms with E-state index in [0.717, 1.165) is 7.87 Å². The van der Waals surface area contributed by atoms with E-state index in [1.165, 1.54) is 0 Å². The number of hydrogen-bond donors (Lipinski definition) is 0. The van der Waals surface area contributed by atoms with Gasteiger partial charge in [-0.05, 0) is 36.9 Å². The summed E-state index contributed by atoms with van der Waals surface area (Å²) in [5.41, 5.74) is 1.55. The predicted molar refractivity (Wildman–Crippen MR) is 42.7 cm³/mol. The molecule has 0 aliphatic heterocycles.